The van der Waals surface area contributed by atoms with Gasteiger partial charge in [0.2, 0.25) is 0 Å². The fourth-order valence-corrected chi connectivity index (χ4v) is 3.08. The van der Waals surface area contributed by atoms with Crippen LogP contribution >= 0.6 is 11.6 Å². The van der Waals surface area contributed by atoms with Crippen molar-refractivity contribution in [3.05, 3.63) is 22.8 Å². The van der Waals surface area contributed by atoms with Gasteiger partial charge in [0, 0.05) is 18.8 Å². The molecule has 1 heterocycles. The number of aromatic nitrogens is 1. The lowest BCUT2D eigenvalue weighted by atomic mass is 9.73. The molecule has 0 aromatic carbocycles. The molecule has 0 aliphatic heterocycles. The minimum absolute atomic E-state index is 0.110. The van der Waals surface area contributed by atoms with Crippen LogP contribution in [0.15, 0.2) is 12.3 Å². The number of rotatable bonds is 4. The van der Waals surface area contributed by atoms with Gasteiger partial charge in [-0.15, -0.1) is 0 Å². The standard InChI is InChI=1S/C16H24ClN3O/c1-4-18-14-9-11(12(17)10-19-14)15(21)20-13-7-5-6-8-16(13,2)3/h9-10,13H,4-8H2,1-3H3,(H,18,19)(H,20,21). The van der Waals surface area contributed by atoms with Gasteiger partial charge in [-0.05, 0) is 31.2 Å². The van der Waals surface area contributed by atoms with E-state index < -0.39 is 0 Å². The molecule has 116 valence electrons. The molecule has 1 unspecified atom stereocenters. The second kappa shape index (κ2) is 6.65. The number of amides is 1. The third-order valence-corrected chi connectivity index (χ3v) is 4.57. The average molecular weight is 310 g/mol. The minimum Gasteiger partial charge on any atom is -0.370 e. The second-order valence-electron chi connectivity index (χ2n) is 6.34. The van der Waals surface area contributed by atoms with E-state index >= 15 is 0 Å². The van der Waals surface area contributed by atoms with E-state index in [0.717, 1.165) is 19.4 Å². The normalized spacial score (nSPS) is 20.9. The van der Waals surface area contributed by atoms with Gasteiger partial charge in [0.15, 0.2) is 0 Å². The predicted octanol–water partition coefficient (Wildman–Crippen LogP) is 3.87. The van der Waals surface area contributed by atoms with Crippen LogP contribution in [0.25, 0.3) is 0 Å². The lowest BCUT2D eigenvalue weighted by Crippen LogP contribution is -2.46. The zero-order valence-corrected chi connectivity index (χ0v) is 13.8. The first-order valence-corrected chi connectivity index (χ1v) is 8.02. The number of nitrogens with one attached hydrogen (secondary N) is 2. The smallest absolute Gasteiger partial charge is 0.253 e. The van der Waals surface area contributed by atoms with Crippen LogP contribution in [0, 0.1) is 5.41 Å². The molecule has 0 radical (unpaired) electrons. The molecular formula is C16H24ClN3O. The first kappa shape index (κ1) is 16.1. The van der Waals surface area contributed by atoms with Gasteiger partial charge >= 0.3 is 0 Å². The Labute approximate surface area is 131 Å². The van der Waals surface area contributed by atoms with Crippen molar-refractivity contribution < 1.29 is 4.79 Å². The van der Waals surface area contributed by atoms with Gasteiger partial charge in [-0.3, -0.25) is 4.79 Å². The maximum absolute atomic E-state index is 12.5. The summed E-state index contributed by atoms with van der Waals surface area (Å²) < 4.78 is 0. The molecule has 1 amide bonds. The molecule has 1 aromatic rings. The van der Waals surface area contributed by atoms with Crippen molar-refractivity contribution in [2.75, 3.05) is 11.9 Å². The molecule has 0 saturated heterocycles. The van der Waals surface area contributed by atoms with Crippen LogP contribution in [0.5, 0.6) is 0 Å². The Morgan fingerprint density at radius 1 is 1.48 bits per heavy atom. The first-order chi connectivity index (χ1) is 9.94. The third-order valence-electron chi connectivity index (χ3n) is 4.27. The van der Waals surface area contributed by atoms with Gasteiger partial charge < -0.3 is 10.6 Å². The summed E-state index contributed by atoms with van der Waals surface area (Å²) in [6.45, 7) is 7.18. The van der Waals surface area contributed by atoms with Crippen LogP contribution in [0.3, 0.4) is 0 Å². The number of carbonyl (C=O) groups is 1. The van der Waals surface area contributed by atoms with Crippen LogP contribution in [0.2, 0.25) is 5.02 Å². The summed E-state index contributed by atoms with van der Waals surface area (Å²) in [4.78, 5) is 16.7. The summed E-state index contributed by atoms with van der Waals surface area (Å²) in [5.74, 6) is 0.566. The fourth-order valence-electron chi connectivity index (χ4n) is 2.89. The number of pyridine rings is 1. The summed E-state index contributed by atoms with van der Waals surface area (Å²) in [5, 5.41) is 6.65. The quantitative estimate of drug-likeness (QED) is 0.888. The van der Waals surface area contributed by atoms with E-state index in [2.05, 4.69) is 29.5 Å². The Balaban J connectivity index is 2.14. The van der Waals surface area contributed by atoms with Crippen molar-refractivity contribution >= 4 is 23.3 Å². The van der Waals surface area contributed by atoms with E-state index in [-0.39, 0.29) is 17.4 Å². The largest absolute Gasteiger partial charge is 0.370 e. The Kier molecular flexibility index (Phi) is 5.09. The summed E-state index contributed by atoms with van der Waals surface area (Å²) >= 11 is 6.13. The van der Waals surface area contributed by atoms with Gasteiger partial charge in [-0.25, -0.2) is 4.98 Å². The van der Waals surface area contributed by atoms with E-state index in [4.69, 9.17) is 11.6 Å². The number of halogens is 1. The molecule has 1 aliphatic carbocycles. The molecule has 1 aliphatic rings. The molecule has 4 nitrogen and oxygen atoms in total. The van der Waals surface area contributed by atoms with Crippen molar-refractivity contribution in [1.29, 1.82) is 0 Å². The zero-order valence-electron chi connectivity index (χ0n) is 13.0. The Hall–Kier alpha value is -1.29. The maximum Gasteiger partial charge on any atom is 0.253 e. The van der Waals surface area contributed by atoms with E-state index in [1.165, 1.54) is 19.0 Å². The summed E-state index contributed by atoms with van der Waals surface area (Å²) in [6.07, 6.45) is 6.10. The van der Waals surface area contributed by atoms with Gasteiger partial charge in [-0.2, -0.15) is 0 Å². The van der Waals surface area contributed by atoms with E-state index in [0.29, 0.717) is 16.4 Å². The SMILES string of the molecule is CCNc1cc(C(=O)NC2CCCCC2(C)C)c(Cl)cn1. The fraction of sp³-hybridized carbons (Fsp3) is 0.625. The number of nitrogens with zero attached hydrogens (tertiary/aromatic N) is 1. The van der Waals surface area contributed by atoms with Crippen molar-refractivity contribution in [3.63, 3.8) is 0 Å². The minimum atomic E-state index is -0.110. The monoisotopic (exact) mass is 309 g/mol. The van der Waals surface area contributed by atoms with E-state index in [1.54, 1.807) is 6.07 Å². The highest BCUT2D eigenvalue weighted by molar-refractivity contribution is 6.33. The molecule has 5 heteroatoms. The molecule has 0 bridgehead atoms. The van der Waals surface area contributed by atoms with Crippen LogP contribution in [0.1, 0.15) is 56.8 Å². The van der Waals surface area contributed by atoms with Crippen molar-refractivity contribution in [1.82, 2.24) is 10.3 Å². The molecule has 1 saturated carbocycles. The first-order valence-electron chi connectivity index (χ1n) is 7.64. The van der Waals surface area contributed by atoms with Crippen LogP contribution < -0.4 is 10.6 Å². The number of carbonyl (C=O) groups excluding carboxylic acids is 1. The molecule has 1 fully saturated rings. The van der Waals surface area contributed by atoms with E-state index in [9.17, 15) is 4.79 Å². The molecular weight excluding hydrogens is 286 g/mol. The Bertz CT molecular complexity index is 516. The number of hydrogen-bond donors (Lipinski definition) is 2. The van der Waals surface area contributed by atoms with Crippen LogP contribution in [-0.4, -0.2) is 23.5 Å². The van der Waals surface area contributed by atoms with Crippen LogP contribution in [-0.2, 0) is 0 Å². The van der Waals surface area contributed by atoms with Crippen LogP contribution in [0.4, 0.5) is 5.82 Å². The topological polar surface area (TPSA) is 54.0 Å². The van der Waals surface area contributed by atoms with Gasteiger partial charge in [-0.1, -0.05) is 38.3 Å². The van der Waals surface area contributed by atoms with Crippen molar-refractivity contribution in [2.24, 2.45) is 5.41 Å². The van der Waals surface area contributed by atoms with Gasteiger partial charge in [0.1, 0.15) is 5.82 Å². The molecule has 1 aromatic heterocycles. The van der Waals surface area contributed by atoms with Gasteiger partial charge in [0.05, 0.1) is 10.6 Å². The summed E-state index contributed by atoms with van der Waals surface area (Å²) in [7, 11) is 0. The lowest BCUT2D eigenvalue weighted by molar-refractivity contribution is 0.0853. The molecule has 0 spiro atoms. The summed E-state index contributed by atoms with van der Waals surface area (Å²) in [6, 6.07) is 1.92. The number of anilines is 1. The lowest BCUT2D eigenvalue weighted by Gasteiger charge is -2.39. The molecule has 2 N–H and O–H groups in total. The number of hydrogen-bond acceptors (Lipinski definition) is 3. The predicted molar refractivity (Wildman–Crippen MR) is 86.9 cm³/mol. The van der Waals surface area contributed by atoms with E-state index in [1.807, 2.05) is 6.92 Å². The highest BCUT2D eigenvalue weighted by Crippen LogP contribution is 2.35. The highest BCUT2D eigenvalue weighted by Gasteiger charge is 2.33. The summed E-state index contributed by atoms with van der Waals surface area (Å²) in [5.41, 5.74) is 0.627. The molecule has 21 heavy (non-hydrogen) atoms. The molecule has 1 atom stereocenters. The Morgan fingerprint density at radius 3 is 2.90 bits per heavy atom. The molecule has 2 rings (SSSR count). The van der Waals surface area contributed by atoms with Gasteiger partial charge in [0.25, 0.3) is 5.91 Å². The third kappa shape index (κ3) is 3.88. The second-order valence-corrected chi connectivity index (χ2v) is 6.75. The maximum atomic E-state index is 12.5. The Morgan fingerprint density at radius 2 is 2.24 bits per heavy atom. The average Bonchev–Trinajstić information content (AvgIpc) is 2.43. The zero-order chi connectivity index (χ0) is 15.5. The van der Waals surface area contributed by atoms with Crippen molar-refractivity contribution in [2.45, 2.75) is 52.5 Å². The van der Waals surface area contributed by atoms with Crippen molar-refractivity contribution in [3.8, 4) is 0 Å². The highest BCUT2D eigenvalue weighted by atomic mass is 35.5.